The predicted molar refractivity (Wildman–Crippen MR) is 84.0 cm³/mol. The number of carbonyl (C=O) groups is 1. The molecule has 1 fully saturated rings. The Balaban J connectivity index is 2.10. The van der Waals surface area contributed by atoms with Crippen LogP contribution in [0.4, 0.5) is 5.69 Å². The highest BCUT2D eigenvalue weighted by atomic mass is 16.2. The highest BCUT2D eigenvalue weighted by Crippen LogP contribution is 2.26. The molecule has 1 aromatic carbocycles. The van der Waals surface area contributed by atoms with Gasteiger partial charge in [0.15, 0.2) is 0 Å². The number of carbonyl (C=O) groups excluding carboxylic acids is 1. The summed E-state index contributed by atoms with van der Waals surface area (Å²) in [5.74, 6) is 0.827. The Kier molecular flexibility index (Phi) is 5.60. The van der Waals surface area contributed by atoms with Crippen molar-refractivity contribution >= 4 is 11.6 Å². The van der Waals surface area contributed by atoms with Gasteiger partial charge in [0.1, 0.15) is 0 Å². The molecule has 0 heterocycles. The van der Waals surface area contributed by atoms with Crippen LogP contribution in [0.3, 0.4) is 0 Å². The van der Waals surface area contributed by atoms with E-state index in [1.54, 1.807) is 0 Å². The molecule has 110 valence electrons. The van der Waals surface area contributed by atoms with Crippen LogP contribution in [0.2, 0.25) is 0 Å². The summed E-state index contributed by atoms with van der Waals surface area (Å²) in [6.45, 7) is 3.34. The summed E-state index contributed by atoms with van der Waals surface area (Å²) < 4.78 is 0. The van der Waals surface area contributed by atoms with Crippen molar-refractivity contribution in [3.05, 3.63) is 29.8 Å². The smallest absolute Gasteiger partial charge is 0.240 e. The van der Waals surface area contributed by atoms with Gasteiger partial charge in [-0.15, -0.1) is 0 Å². The maximum atomic E-state index is 12.4. The van der Waals surface area contributed by atoms with Crippen LogP contribution in [-0.2, 0) is 4.79 Å². The van der Waals surface area contributed by atoms with Gasteiger partial charge < -0.3 is 10.2 Å². The number of nitrogens with zero attached hydrogens (tertiary/aromatic N) is 1. The highest BCUT2D eigenvalue weighted by molar-refractivity contribution is 5.94. The average molecular weight is 274 g/mol. The summed E-state index contributed by atoms with van der Waals surface area (Å²) >= 11 is 0. The minimum atomic E-state index is 0.168. The average Bonchev–Trinajstić information content (AvgIpc) is 2.47. The molecule has 1 aliphatic carbocycles. The Labute approximate surface area is 122 Å². The molecule has 0 saturated heterocycles. The van der Waals surface area contributed by atoms with Crippen molar-refractivity contribution in [2.24, 2.45) is 5.92 Å². The van der Waals surface area contributed by atoms with Gasteiger partial charge in [0.25, 0.3) is 0 Å². The largest absolute Gasteiger partial charge is 0.311 e. The first-order chi connectivity index (χ1) is 9.70. The van der Waals surface area contributed by atoms with Crippen molar-refractivity contribution < 1.29 is 4.79 Å². The minimum Gasteiger partial charge on any atom is -0.311 e. The van der Waals surface area contributed by atoms with Gasteiger partial charge in [-0.2, -0.15) is 0 Å². The van der Waals surface area contributed by atoms with E-state index < -0.39 is 0 Å². The molecule has 0 unspecified atom stereocenters. The van der Waals surface area contributed by atoms with Crippen molar-refractivity contribution in [3.8, 4) is 0 Å². The van der Waals surface area contributed by atoms with Crippen molar-refractivity contribution in [2.75, 3.05) is 25.0 Å². The van der Waals surface area contributed by atoms with E-state index in [0.29, 0.717) is 12.5 Å². The molecule has 3 nitrogen and oxygen atoms in total. The van der Waals surface area contributed by atoms with E-state index in [1.165, 1.54) is 37.7 Å². The van der Waals surface area contributed by atoms with Crippen LogP contribution >= 0.6 is 0 Å². The fraction of sp³-hybridized carbons (Fsp3) is 0.588. The van der Waals surface area contributed by atoms with Gasteiger partial charge in [-0.1, -0.05) is 37.0 Å². The Morgan fingerprint density at radius 2 is 1.85 bits per heavy atom. The topological polar surface area (TPSA) is 32.3 Å². The summed E-state index contributed by atoms with van der Waals surface area (Å²) in [6.07, 6.45) is 6.50. The molecule has 1 saturated carbocycles. The summed E-state index contributed by atoms with van der Waals surface area (Å²) in [5, 5.41) is 2.98. The molecule has 0 bridgehead atoms. The lowest BCUT2D eigenvalue weighted by molar-refractivity contribution is -0.117. The third-order valence-electron chi connectivity index (χ3n) is 4.14. The molecule has 1 amide bonds. The molecule has 2 rings (SSSR count). The predicted octanol–water partition coefficient (Wildman–Crippen LogP) is 3.13. The molecule has 20 heavy (non-hydrogen) atoms. The number of nitrogens with one attached hydrogen (secondary N) is 1. The normalized spacial score (nSPS) is 16.1. The minimum absolute atomic E-state index is 0.168. The van der Waals surface area contributed by atoms with Crippen LogP contribution in [-0.4, -0.2) is 26.0 Å². The summed E-state index contributed by atoms with van der Waals surface area (Å²) in [7, 11) is 1.83. The molecule has 0 aliphatic heterocycles. The van der Waals surface area contributed by atoms with E-state index in [0.717, 1.165) is 12.2 Å². The number of aryl methyl sites for hydroxylation is 1. The Bertz CT molecular complexity index is 421. The second-order valence-corrected chi connectivity index (χ2v) is 5.87. The monoisotopic (exact) mass is 274 g/mol. The van der Waals surface area contributed by atoms with E-state index in [1.807, 2.05) is 11.9 Å². The van der Waals surface area contributed by atoms with Crippen molar-refractivity contribution in [2.45, 2.75) is 39.0 Å². The van der Waals surface area contributed by atoms with Gasteiger partial charge in [-0.3, -0.25) is 4.79 Å². The lowest BCUT2D eigenvalue weighted by Crippen LogP contribution is -2.40. The van der Waals surface area contributed by atoms with Crippen molar-refractivity contribution in [3.63, 3.8) is 0 Å². The zero-order valence-electron chi connectivity index (χ0n) is 12.7. The Hall–Kier alpha value is -1.35. The Morgan fingerprint density at radius 3 is 2.45 bits per heavy atom. The van der Waals surface area contributed by atoms with E-state index in [-0.39, 0.29) is 5.91 Å². The number of likely N-dealkylation sites (N-methyl/N-ethyl adjacent to an activating group) is 1. The fourth-order valence-corrected chi connectivity index (χ4v) is 2.95. The summed E-state index contributed by atoms with van der Waals surface area (Å²) in [4.78, 5) is 14.3. The van der Waals surface area contributed by atoms with Gasteiger partial charge in [-0.05, 0) is 44.9 Å². The molecule has 1 N–H and O–H groups in total. The zero-order valence-corrected chi connectivity index (χ0v) is 12.7. The second-order valence-electron chi connectivity index (χ2n) is 5.87. The summed E-state index contributed by atoms with van der Waals surface area (Å²) in [5.41, 5.74) is 2.26. The van der Waals surface area contributed by atoms with E-state index in [9.17, 15) is 4.79 Å². The third-order valence-corrected chi connectivity index (χ3v) is 4.14. The number of anilines is 1. The lowest BCUT2D eigenvalue weighted by Gasteiger charge is -2.30. The van der Waals surface area contributed by atoms with Crippen LogP contribution in [0.25, 0.3) is 0 Å². The maximum absolute atomic E-state index is 12.4. The molecule has 0 radical (unpaired) electrons. The number of rotatable bonds is 5. The van der Waals surface area contributed by atoms with Crippen molar-refractivity contribution in [1.82, 2.24) is 5.32 Å². The van der Waals surface area contributed by atoms with Gasteiger partial charge in [0.2, 0.25) is 5.91 Å². The highest BCUT2D eigenvalue weighted by Gasteiger charge is 2.21. The molecule has 1 aromatic rings. The lowest BCUT2D eigenvalue weighted by atomic mass is 9.89. The Morgan fingerprint density at radius 1 is 1.20 bits per heavy atom. The van der Waals surface area contributed by atoms with Gasteiger partial charge in [0.05, 0.1) is 6.54 Å². The molecule has 0 spiro atoms. The van der Waals surface area contributed by atoms with Gasteiger partial charge in [-0.25, -0.2) is 0 Å². The first-order valence-electron chi connectivity index (χ1n) is 7.72. The van der Waals surface area contributed by atoms with Crippen molar-refractivity contribution in [1.29, 1.82) is 0 Å². The first kappa shape index (κ1) is 15.0. The number of hydrogen-bond acceptors (Lipinski definition) is 2. The number of benzene rings is 1. The second kappa shape index (κ2) is 7.44. The molecular formula is C17H26N2O. The molecule has 0 aromatic heterocycles. The molecule has 1 aliphatic rings. The quantitative estimate of drug-likeness (QED) is 0.894. The molecule has 0 atom stereocenters. The standard InChI is InChI=1S/C17H26N2O/c1-14-8-10-16(11-9-14)19(17(20)12-18-2)13-15-6-4-3-5-7-15/h8-11,15,18H,3-7,12-13H2,1-2H3. The molecular weight excluding hydrogens is 248 g/mol. The first-order valence-corrected chi connectivity index (χ1v) is 7.72. The fourth-order valence-electron chi connectivity index (χ4n) is 2.95. The van der Waals surface area contributed by atoms with E-state index in [2.05, 4.69) is 36.5 Å². The van der Waals surface area contributed by atoms with E-state index in [4.69, 9.17) is 0 Å². The van der Waals surface area contributed by atoms with Crippen LogP contribution in [0.5, 0.6) is 0 Å². The van der Waals surface area contributed by atoms with E-state index >= 15 is 0 Å². The van der Waals surface area contributed by atoms with Crippen LogP contribution in [0, 0.1) is 12.8 Å². The zero-order chi connectivity index (χ0) is 14.4. The maximum Gasteiger partial charge on any atom is 0.240 e. The SMILES string of the molecule is CNCC(=O)N(CC1CCCCC1)c1ccc(C)cc1. The van der Waals surface area contributed by atoms with Crippen LogP contribution in [0.1, 0.15) is 37.7 Å². The van der Waals surface area contributed by atoms with Crippen LogP contribution in [0.15, 0.2) is 24.3 Å². The third kappa shape index (κ3) is 4.07. The number of amides is 1. The summed E-state index contributed by atoms with van der Waals surface area (Å²) in [6, 6.07) is 8.28. The van der Waals surface area contributed by atoms with Crippen LogP contribution < -0.4 is 10.2 Å². The van der Waals surface area contributed by atoms with Gasteiger partial charge in [0, 0.05) is 12.2 Å². The van der Waals surface area contributed by atoms with Gasteiger partial charge >= 0.3 is 0 Å². The number of hydrogen-bond donors (Lipinski definition) is 1. The molecule has 3 heteroatoms.